The van der Waals surface area contributed by atoms with Crippen molar-refractivity contribution in [1.29, 1.82) is 0 Å². The molecule has 9 nitrogen and oxygen atoms in total. The normalized spacial score (nSPS) is 23.1. The fraction of sp³-hybridized carbons (Fsp3) is 0.621. The number of rotatable bonds is 12. The van der Waals surface area contributed by atoms with Gasteiger partial charge in [0.2, 0.25) is 0 Å². The fourth-order valence-electron chi connectivity index (χ4n) is 5.06. The summed E-state index contributed by atoms with van der Waals surface area (Å²) in [5.41, 5.74) is -0.507. The summed E-state index contributed by atoms with van der Waals surface area (Å²) in [6, 6.07) is 7.02. The summed E-state index contributed by atoms with van der Waals surface area (Å²) in [7, 11) is 0. The number of carbonyl (C=O) groups excluding carboxylic acids is 3. The molecular formula is C29H39NO8. The average Bonchev–Trinajstić information content (AvgIpc) is 3.54. The molecule has 1 aromatic carbocycles. The molecule has 0 aromatic heterocycles. The van der Waals surface area contributed by atoms with Crippen molar-refractivity contribution in [3.63, 3.8) is 0 Å². The van der Waals surface area contributed by atoms with Crippen molar-refractivity contribution in [2.24, 2.45) is 5.92 Å². The van der Waals surface area contributed by atoms with E-state index in [-0.39, 0.29) is 50.3 Å². The van der Waals surface area contributed by atoms with Gasteiger partial charge < -0.3 is 28.6 Å². The fourth-order valence-corrected chi connectivity index (χ4v) is 5.06. The van der Waals surface area contributed by atoms with Crippen LogP contribution in [0, 0.1) is 18.3 Å². The van der Waals surface area contributed by atoms with Crippen molar-refractivity contribution in [3.05, 3.63) is 29.8 Å². The lowest BCUT2D eigenvalue weighted by molar-refractivity contribution is -0.195. The maximum atomic E-state index is 13.3. The molecule has 0 saturated carbocycles. The van der Waals surface area contributed by atoms with Gasteiger partial charge in [-0.2, -0.15) is 0 Å². The molecule has 2 heterocycles. The Hall–Kier alpha value is -3.09. The van der Waals surface area contributed by atoms with Gasteiger partial charge >= 0.3 is 17.9 Å². The van der Waals surface area contributed by atoms with Gasteiger partial charge in [-0.05, 0) is 64.7 Å². The zero-order chi connectivity index (χ0) is 27.7. The second-order valence-electron chi connectivity index (χ2n) is 9.52. The molecule has 3 rings (SSSR count). The third kappa shape index (κ3) is 6.66. The van der Waals surface area contributed by atoms with Gasteiger partial charge in [-0.25, -0.2) is 14.4 Å². The Morgan fingerprint density at radius 3 is 2.26 bits per heavy atom. The number of hydrogen-bond acceptors (Lipinski definition) is 9. The van der Waals surface area contributed by atoms with E-state index >= 15 is 0 Å². The molecule has 2 aliphatic heterocycles. The van der Waals surface area contributed by atoms with Crippen LogP contribution in [0.1, 0.15) is 52.5 Å². The van der Waals surface area contributed by atoms with Crippen molar-refractivity contribution in [2.75, 3.05) is 37.9 Å². The minimum Gasteiger partial charge on any atom is -0.464 e. The summed E-state index contributed by atoms with van der Waals surface area (Å²) in [4.78, 5) is 41.0. The minimum absolute atomic E-state index is 0.0548. The number of ether oxygens (including phenoxy) is 5. The third-order valence-corrected chi connectivity index (χ3v) is 6.89. The number of benzene rings is 1. The van der Waals surface area contributed by atoms with Crippen LogP contribution in [0.4, 0.5) is 5.69 Å². The highest BCUT2D eigenvalue weighted by atomic mass is 16.6. The highest BCUT2D eigenvalue weighted by molar-refractivity contribution is 6.04. The van der Waals surface area contributed by atoms with Crippen LogP contribution in [0.3, 0.4) is 0 Å². The van der Waals surface area contributed by atoms with Crippen LogP contribution in [-0.2, 0) is 44.5 Å². The quantitative estimate of drug-likeness (QED) is 0.175. The van der Waals surface area contributed by atoms with Crippen molar-refractivity contribution in [3.8, 4) is 12.3 Å². The monoisotopic (exact) mass is 529 g/mol. The maximum absolute atomic E-state index is 13.3. The number of terminal acetylenes is 1. The molecule has 0 bridgehead atoms. The van der Waals surface area contributed by atoms with Crippen molar-refractivity contribution in [1.82, 2.24) is 0 Å². The first-order valence-corrected chi connectivity index (χ1v) is 13.4. The molecule has 38 heavy (non-hydrogen) atoms. The molecule has 0 radical (unpaired) electrons. The first-order valence-electron chi connectivity index (χ1n) is 13.4. The summed E-state index contributed by atoms with van der Waals surface area (Å²) >= 11 is 0. The zero-order valence-electron chi connectivity index (χ0n) is 22.8. The van der Waals surface area contributed by atoms with Crippen LogP contribution in [0.5, 0.6) is 0 Å². The molecule has 0 aliphatic carbocycles. The highest BCUT2D eigenvalue weighted by Gasteiger charge is 2.52. The summed E-state index contributed by atoms with van der Waals surface area (Å²) in [6.45, 7) is 8.17. The van der Waals surface area contributed by atoms with Gasteiger partial charge in [0.15, 0.2) is 0 Å². The van der Waals surface area contributed by atoms with Crippen LogP contribution < -0.4 is 4.90 Å². The average molecular weight is 530 g/mol. The highest BCUT2D eigenvalue weighted by Crippen LogP contribution is 2.31. The van der Waals surface area contributed by atoms with Gasteiger partial charge in [0, 0.05) is 18.7 Å². The molecule has 1 aromatic rings. The number of esters is 3. The summed E-state index contributed by atoms with van der Waals surface area (Å²) in [5.74, 6) is 0.633. The molecule has 208 valence electrons. The number of nitrogens with zero attached hydrogens (tertiary/aromatic N) is 1. The molecule has 4 unspecified atom stereocenters. The Morgan fingerprint density at radius 1 is 1.05 bits per heavy atom. The van der Waals surface area contributed by atoms with E-state index in [9.17, 15) is 14.4 Å². The number of anilines is 1. The Morgan fingerprint density at radius 2 is 1.68 bits per heavy atom. The summed E-state index contributed by atoms with van der Waals surface area (Å²) in [6.07, 6.45) is 7.33. The molecule has 4 atom stereocenters. The molecule has 2 aliphatic rings. The van der Waals surface area contributed by atoms with Gasteiger partial charge in [0.1, 0.15) is 6.04 Å². The SMILES string of the molecule is C#CC1CC(C)OC1COC(Cc1ccc(N2CCCC2C(=O)OCC)cc1)(C(=O)OCC)C(=O)OCC. The Bertz CT molecular complexity index is 983. The zero-order valence-corrected chi connectivity index (χ0v) is 22.8. The maximum Gasteiger partial charge on any atom is 0.350 e. The predicted molar refractivity (Wildman–Crippen MR) is 140 cm³/mol. The van der Waals surface area contributed by atoms with E-state index in [4.69, 9.17) is 30.1 Å². The second kappa shape index (κ2) is 13.6. The van der Waals surface area contributed by atoms with Gasteiger partial charge in [-0.3, -0.25) is 0 Å². The molecule has 0 N–H and O–H groups in total. The van der Waals surface area contributed by atoms with Crippen LogP contribution in [0.15, 0.2) is 24.3 Å². The minimum atomic E-state index is -2.02. The largest absolute Gasteiger partial charge is 0.464 e. The Labute approximate surface area is 225 Å². The van der Waals surface area contributed by atoms with Crippen LogP contribution in [0.25, 0.3) is 0 Å². The molecule has 2 saturated heterocycles. The van der Waals surface area contributed by atoms with E-state index in [1.165, 1.54) is 0 Å². The topological polar surface area (TPSA) is 101 Å². The van der Waals surface area contributed by atoms with E-state index in [0.717, 1.165) is 25.1 Å². The summed E-state index contributed by atoms with van der Waals surface area (Å²) in [5, 5.41) is 0. The summed E-state index contributed by atoms with van der Waals surface area (Å²) < 4.78 is 27.8. The van der Waals surface area contributed by atoms with Crippen molar-refractivity contribution < 1.29 is 38.1 Å². The van der Waals surface area contributed by atoms with Gasteiger partial charge in [-0.1, -0.05) is 12.1 Å². The van der Waals surface area contributed by atoms with E-state index in [2.05, 4.69) is 5.92 Å². The lowest BCUT2D eigenvalue weighted by atomic mass is 9.93. The van der Waals surface area contributed by atoms with E-state index in [0.29, 0.717) is 18.6 Å². The first kappa shape index (κ1) is 29.5. The van der Waals surface area contributed by atoms with Gasteiger partial charge in [0.05, 0.1) is 44.6 Å². The Kier molecular flexibility index (Phi) is 10.6. The first-order chi connectivity index (χ1) is 18.3. The number of hydrogen-bond donors (Lipinski definition) is 0. The van der Waals surface area contributed by atoms with E-state index in [1.54, 1.807) is 20.8 Å². The smallest absolute Gasteiger partial charge is 0.350 e. The number of carbonyl (C=O) groups is 3. The van der Waals surface area contributed by atoms with Crippen molar-refractivity contribution >= 4 is 23.6 Å². The van der Waals surface area contributed by atoms with Crippen molar-refractivity contribution in [2.45, 2.75) is 77.2 Å². The standard InChI is InChI=1S/C29H39NO8/c1-6-22-17-20(5)38-25(22)19-37-29(27(32)35-8-3,28(33)36-9-4)18-21-12-14-23(15-13-21)30-16-10-11-24(30)26(31)34-7-2/h1,12-15,20,22,24-25H,7-11,16-19H2,2-5H3. The molecule has 2 fully saturated rings. The van der Waals surface area contributed by atoms with Crippen LogP contribution in [-0.4, -0.2) is 74.7 Å². The molecule has 0 amide bonds. The predicted octanol–water partition coefficient (Wildman–Crippen LogP) is 3.07. The van der Waals surface area contributed by atoms with E-state index in [1.807, 2.05) is 36.1 Å². The van der Waals surface area contributed by atoms with Gasteiger partial charge in [-0.15, -0.1) is 12.3 Å². The molecule has 9 heteroatoms. The second-order valence-corrected chi connectivity index (χ2v) is 9.52. The Balaban J connectivity index is 1.86. The molecule has 0 spiro atoms. The lowest BCUT2D eigenvalue weighted by Gasteiger charge is -2.31. The molecular weight excluding hydrogens is 490 g/mol. The third-order valence-electron chi connectivity index (χ3n) is 6.89. The van der Waals surface area contributed by atoms with Crippen LogP contribution in [0.2, 0.25) is 0 Å². The lowest BCUT2D eigenvalue weighted by Crippen LogP contribution is -2.54. The van der Waals surface area contributed by atoms with Gasteiger partial charge in [0.25, 0.3) is 5.60 Å². The van der Waals surface area contributed by atoms with Crippen LogP contribution >= 0.6 is 0 Å². The van der Waals surface area contributed by atoms with E-state index < -0.39 is 23.6 Å².